The molecule has 0 N–H and O–H groups in total. The van der Waals surface area contributed by atoms with Crippen molar-refractivity contribution < 1.29 is 9.21 Å². The van der Waals surface area contributed by atoms with Crippen molar-refractivity contribution in [3.63, 3.8) is 0 Å². The van der Waals surface area contributed by atoms with E-state index in [9.17, 15) is 4.79 Å². The fourth-order valence-corrected chi connectivity index (χ4v) is 3.08. The fourth-order valence-electron chi connectivity index (χ4n) is 3.08. The van der Waals surface area contributed by atoms with Gasteiger partial charge in [0.15, 0.2) is 18.0 Å². The van der Waals surface area contributed by atoms with E-state index in [2.05, 4.69) is 15.2 Å². The highest BCUT2D eigenvalue weighted by Gasteiger charge is 2.34. The van der Waals surface area contributed by atoms with E-state index in [0.29, 0.717) is 30.4 Å². The fraction of sp³-hybridized carbons (Fsp3) is 0.294. The van der Waals surface area contributed by atoms with Crippen molar-refractivity contribution >= 4 is 5.91 Å². The molecule has 1 aliphatic heterocycles. The van der Waals surface area contributed by atoms with Crippen LogP contribution in [-0.4, -0.2) is 30.6 Å². The van der Waals surface area contributed by atoms with Crippen LogP contribution in [0.3, 0.4) is 0 Å². The largest absolute Gasteiger partial charge is 0.448 e. The number of benzene rings is 1. The van der Waals surface area contributed by atoms with Crippen LogP contribution in [0.15, 0.2) is 41.1 Å². The normalized spacial score (nSPS) is 17.2. The Labute approximate surface area is 138 Å². The lowest BCUT2D eigenvalue weighted by atomic mass is 10.1. The highest BCUT2D eigenvalue weighted by atomic mass is 16.3. The van der Waals surface area contributed by atoms with Gasteiger partial charge in [-0.15, -0.1) is 10.2 Å². The maximum Gasteiger partial charge on any atom is 0.246 e. The van der Waals surface area contributed by atoms with Gasteiger partial charge in [-0.05, 0) is 19.4 Å². The zero-order chi connectivity index (χ0) is 16.7. The molecule has 0 fully saturated rings. The Kier molecular flexibility index (Phi) is 3.41. The van der Waals surface area contributed by atoms with E-state index in [1.165, 1.54) is 6.39 Å². The first-order chi connectivity index (χ1) is 11.6. The Balaban J connectivity index is 1.68. The van der Waals surface area contributed by atoms with Gasteiger partial charge in [-0.3, -0.25) is 9.36 Å². The maximum atomic E-state index is 12.8. The summed E-state index contributed by atoms with van der Waals surface area (Å²) < 4.78 is 7.11. The molecule has 3 heterocycles. The molecule has 0 aliphatic carbocycles. The minimum absolute atomic E-state index is 0.0496. The Bertz CT molecular complexity index is 884. The molecular weight excluding hydrogens is 306 g/mol. The van der Waals surface area contributed by atoms with Crippen molar-refractivity contribution in [1.82, 2.24) is 24.6 Å². The number of oxazole rings is 1. The molecule has 1 amide bonds. The summed E-state index contributed by atoms with van der Waals surface area (Å²) in [6, 6.07) is 9.57. The molecule has 7 heteroatoms. The molecule has 3 aromatic rings. The third kappa shape index (κ3) is 2.29. The van der Waals surface area contributed by atoms with E-state index < -0.39 is 0 Å². The van der Waals surface area contributed by atoms with Gasteiger partial charge in [-0.2, -0.15) is 0 Å². The van der Waals surface area contributed by atoms with Crippen LogP contribution in [0.4, 0.5) is 0 Å². The number of carbonyl (C=O) groups is 1. The third-order valence-electron chi connectivity index (χ3n) is 4.33. The molecule has 1 atom stereocenters. The predicted molar refractivity (Wildman–Crippen MR) is 85.7 cm³/mol. The molecule has 1 aromatic carbocycles. The molecule has 122 valence electrons. The van der Waals surface area contributed by atoms with E-state index in [1.807, 2.05) is 53.6 Å². The number of aryl methyl sites for hydroxylation is 1. The van der Waals surface area contributed by atoms with Gasteiger partial charge in [0, 0.05) is 6.54 Å². The lowest BCUT2D eigenvalue weighted by molar-refractivity contribution is -0.137. The zero-order valence-electron chi connectivity index (χ0n) is 13.5. The Morgan fingerprint density at radius 3 is 2.75 bits per heavy atom. The summed E-state index contributed by atoms with van der Waals surface area (Å²) in [5, 5.41) is 8.51. The average Bonchev–Trinajstić information content (AvgIpc) is 3.19. The molecule has 1 aliphatic rings. The Morgan fingerprint density at radius 1 is 1.25 bits per heavy atom. The van der Waals surface area contributed by atoms with Crippen molar-refractivity contribution in [2.24, 2.45) is 0 Å². The molecule has 0 saturated carbocycles. The number of nitrogens with zero attached hydrogens (tertiary/aromatic N) is 5. The van der Waals surface area contributed by atoms with Gasteiger partial charge >= 0.3 is 0 Å². The third-order valence-corrected chi connectivity index (χ3v) is 4.33. The van der Waals surface area contributed by atoms with Gasteiger partial charge in [-0.25, -0.2) is 4.98 Å². The number of rotatable bonds is 3. The second-order valence-electron chi connectivity index (χ2n) is 5.92. The number of carbonyl (C=O) groups excluding carboxylic acids is 1. The summed E-state index contributed by atoms with van der Waals surface area (Å²) >= 11 is 0. The molecule has 24 heavy (non-hydrogen) atoms. The standard InChI is InChI=1S/C17H17N5O2/c1-11-17(23)21(8-13-6-4-3-5-7-13)9-14-19-20-16(22(11)14)15-12(2)24-10-18-15/h3-7,10-11H,8-9H2,1-2H3/t11-/m1/s1. The highest BCUT2D eigenvalue weighted by molar-refractivity contribution is 5.82. The molecule has 2 aromatic heterocycles. The summed E-state index contributed by atoms with van der Waals surface area (Å²) in [6.45, 7) is 4.68. The van der Waals surface area contributed by atoms with Crippen LogP contribution in [0.1, 0.15) is 30.1 Å². The maximum absolute atomic E-state index is 12.8. The van der Waals surface area contributed by atoms with Crippen LogP contribution < -0.4 is 0 Å². The minimum atomic E-state index is -0.376. The topological polar surface area (TPSA) is 77.0 Å². The van der Waals surface area contributed by atoms with Crippen molar-refractivity contribution in [1.29, 1.82) is 0 Å². The van der Waals surface area contributed by atoms with Gasteiger partial charge in [0.2, 0.25) is 5.91 Å². The van der Waals surface area contributed by atoms with Crippen LogP contribution >= 0.6 is 0 Å². The molecule has 0 spiro atoms. The van der Waals surface area contributed by atoms with Gasteiger partial charge < -0.3 is 9.32 Å². The van der Waals surface area contributed by atoms with E-state index in [0.717, 1.165) is 11.4 Å². The lowest BCUT2D eigenvalue weighted by Crippen LogP contribution is -2.41. The van der Waals surface area contributed by atoms with E-state index in [-0.39, 0.29) is 11.9 Å². The molecule has 0 bridgehead atoms. The zero-order valence-corrected chi connectivity index (χ0v) is 13.5. The van der Waals surface area contributed by atoms with Gasteiger partial charge in [0.1, 0.15) is 17.5 Å². The lowest BCUT2D eigenvalue weighted by Gasteiger charge is -2.32. The second-order valence-corrected chi connectivity index (χ2v) is 5.92. The van der Waals surface area contributed by atoms with Crippen molar-refractivity contribution in [2.75, 3.05) is 0 Å². The molecule has 4 rings (SSSR count). The SMILES string of the molecule is Cc1ocnc1-c1nnc2n1[C@H](C)C(=O)N(Cc1ccccc1)C2. The summed E-state index contributed by atoms with van der Waals surface area (Å²) in [6.07, 6.45) is 1.38. The molecule has 7 nitrogen and oxygen atoms in total. The minimum Gasteiger partial charge on any atom is -0.448 e. The second kappa shape index (κ2) is 5.59. The molecule has 0 unspecified atom stereocenters. The number of hydrogen-bond donors (Lipinski definition) is 0. The van der Waals surface area contributed by atoms with Crippen LogP contribution in [0.2, 0.25) is 0 Å². The first-order valence-corrected chi connectivity index (χ1v) is 7.82. The quantitative estimate of drug-likeness (QED) is 0.739. The summed E-state index contributed by atoms with van der Waals surface area (Å²) in [5.74, 6) is 2.05. The first kappa shape index (κ1) is 14.6. The van der Waals surface area contributed by atoms with E-state index >= 15 is 0 Å². The molecular formula is C17H17N5O2. The van der Waals surface area contributed by atoms with Gasteiger partial charge in [-0.1, -0.05) is 30.3 Å². The summed E-state index contributed by atoms with van der Waals surface area (Å²) in [4.78, 5) is 18.8. The van der Waals surface area contributed by atoms with Crippen LogP contribution in [0.25, 0.3) is 11.5 Å². The summed E-state index contributed by atoms with van der Waals surface area (Å²) in [5.41, 5.74) is 1.73. The molecule has 0 radical (unpaired) electrons. The Hall–Kier alpha value is -2.96. The van der Waals surface area contributed by atoms with Crippen LogP contribution in [0.5, 0.6) is 0 Å². The number of hydrogen-bond acceptors (Lipinski definition) is 5. The molecule has 0 saturated heterocycles. The van der Waals surface area contributed by atoms with Crippen LogP contribution in [0, 0.1) is 6.92 Å². The van der Waals surface area contributed by atoms with Gasteiger partial charge in [0.25, 0.3) is 0 Å². The number of fused-ring (bicyclic) bond motifs is 1. The van der Waals surface area contributed by atoms with Crippen molar-refractivity contribution in [3.8, 4) is 11.5 Å². The summed E-state index contributed by atoms with van der Waals surface area (Å²) in [7, 11) is 0. The van der Waals surface area contributed by atoms with Crippen LogP contribution in [-0.2, 0) is 17.9 Å². The van der Waals surface area contributed by atoms with E-state index in [1.54, 1.807) is 0 Å². The average molecular weight is 323 g/mol. The first-order valence-electron chi connectivity index (χ1n) is 7.82. The Morgan fingerprint density at radius 2 is 2.04 bits per heavy atom. The number of aromatic nitrogens is 4. The smallest absolute Gasteiger partial charge is 0.246 e. The van der Waals surface area contributed by atoms with E-state index in [4.69, 9.17) is 4.42 Å². The number of amides is 1. The van der Waals surface area contributed by atoms with Crippen molar-refractivity contribution in [2.45, 2.75) is 33.0 Å². The van der Waals surface area contributed by atoms with Crippen molar-refractivity contribution in [3.05, 3.63) is 53.9 Å². The predicted octanol–water partition coefficient (Wildman–Crippen LogP) is 2.34. The monoisotopic (exact) mass is 323 g/mol. The van der Waals surface area contributed by atoms with Gasteiger partial charge in [0.05, 0.1) is 6.54 Å². The highest BCUT2D eigenvalue weighted by Crippen LogP contribution is 2.29.